The summed E-state index contributed by atoms with van der Waals surface area (Å²) >= 11 is 0. The van der Waals surface area contributed by atoms with Crippen LogP contribution in [0.1, 0.15) is 11.3 Å². The second-order valence-corrected chi connectivity index (χ2v) is 4.79. The maximum absolute atomic E-state index is 11.4. The molecule has 0 aliphatic carbocycles. The van der Waals surface area contributed by atoms with Crippen molar-refractivity contribution in [3.8, 4) is 5.75 Å². The van der Waals surface area contributed by atoms with Crippen LogP contribution in [0.25, 0.3) is 6.08 Å². The third-order valence-electron chi connectivity index (χ3n) is 3.03. The summed E-state index contributed by atoms with van der Waals surface area (Å²) in [6, 6.07) is 12.9. The van der Waals surface area contributed by atoms with Crippen molar-refractivity contribution >= 4 is 18.0 Å². The Balaban J connectivity index is 1.82. The van der Waals surface area contributed by atoms with Crippen LogP contribution in [-0.2, 0) is 20.9 Å². The highest BCUT2D eigenvalue weighted by atomic mass is 16.5. The minimum absolute atomic E-state index is 0.292. The molecular weight excluding hydrogens is 308 g/mol. The van der Waals surface area contributed by atoms with E-state index in [1.54, 1.807) is 24.4 Å². The summed E-state index contributed by atoms with van der Waals surface area (Å²) in [6.45, 7) is 0.0990. The fourth-order valence-electron chi connectivity index (χ4n) is 1.74. The molecule has 0 aliphatic heterocycles. The summed E-state index contributed by atoms with van der Waals surface area (Å²) in [5.74, 6) is -0.222. The van der Waals surface area contributed by atoms with Crippen LogP contribution in [0.4, 0.5) is 0 Å². The van der Waals surface area contributed by atoms with E-state index >= 15 is 0 Å². The Hall–Kier alpha value is -3.15. The predicted molar refractivity (Wildman–Crippen MR) is 89.1 cm³/mol. The van der Waals surface area contributed by atoms with Crippen molar-refractivity contribution in [3.05, 3.63) is 66.0 Å². The van der Waals surface area contributed by atoms with Gasteiger partial charge >= 0.3 is 5.97 Å². The lowest BCUT2D eigenvalue weighted by Gasteiger charge is -2.05. The minimum Gasteiger partial charge on any atom is -0.487 e. The standard InChI is InChI=1S/C18H18N2O4/c1-19-17(21)13-24-18(22)10-7-14-5-8-16(9-6-14)23-12-15-4-2-3-11-20-15/h2-11H,12-13H2,1H3,(H,19,21). The lowest BCUT2D eigenvalue weighted by atomic mass is 10.2. The molecule has 0 spiro atoms. The average molecular weight is 326 g/mol. The number of amides is 1. The third kappa shape index (κ3) is 5.92. The number of nitrogens with zero attached hydrogens (tertiary/aromatic N) is 1. The highest BCUT2D eigenvalue weighted by Gasteiger charge is 2.02. The molecule has 24 heavy (non-hydrogen) atoms. The van der Waals surface area contributed by atoms with Gasteiger partial charge in [0.15, 0.2) is 6.61 Å². The molecule has 0 saturated carbocycles. The molecule has 2 aromatic rings. The number of carbonyl (C=O) groups is 2. The largest absolute Gasteiger partial charge is 0.487 e. The summed E-state index contributed by atoms with van der Waals surface area (Å²) in [7, 11) is 1.48. The maximum atomic E-state index is 11.4. The normalized spacial score (nSPS) is 10.4. The summed E-state index contributed by atoms with van der Waals surface area (Å²) in [4.78, 5) is 26.6. The van der Waals surface area contributed by atoms with Gasteiger partial charge in [-0.1, -0.05) is 18.2 Å². The summed E-state index contributed by atoms with van der Waals surface area (Å²) in [5.41, 5.74) is 1.66. The molecule has 1 aromatic heterocycles. The Morgan fingerprint density at radius 2 is 1.96 bits per heavy atom. The number of nitrogens with one attached hydrogen (secondary N) is 1. The van der Waals surface area contributed by atoms with Crippen LogP contribution in [0.2, 0.25) is 0 Å². The molecule has 6 nitrogen and oxygen atoms in total. The number of rotatable bonds is 7. The van der Waals surface area contributed by atoms with E-state index in [0.717, 1.165) is 11.3 Å². The fraction of sp³-hybridized carbons (Fsp3) is 0.167. The highest BCUT2D eigenvalue weighted by Crippen LogP contribution is 2.14. The van der Waals surface area contributed by atoms with Crippen molar-refractivity contribution in [2.75, 3.05) is 13.7 Å². The first-order valence-electron chi connectivity index (χ1n) is 7.35. The number of benzene rings is 1. The van der Waals surface area contributed by atoms with Gasteiger partial charge in [0.05, 0.1) is 5.69 Å². The second kappa shape index (κ2) is 9.09. The fourth-order valence-corrected chi connectivity index (χ4v) is 1.74. The molecular formula is C18H18N2O4. The molecule has 0 radical (unpaired) electrons. The highest BCUT2D eigenvalue weighted by molar-refractivity contribution is 5.89. The van der Waals surface area contributed by atoms with Gasteiger partial charge in [-0.05, 0) is 35.9 Å². The van der Waals surface area contributed by atoms with E-state index in [9.17, 15) is 9.59 Å². The predicted octanol–water partition coefficient (Wildman–Crippen LogP) is 1.96. The zero-order chi connectivity index (χ0) is 17.2. The van der Waals surface area contributed by atoms with Gasteiger partial charge in [0.1, 0.15) is 12.4 Å². The molecule has 0 unspecified atom stereocenters. The number of ether oxygens (including phenoxy) is 2. The topological polar surface area (TPSA) is 77.5 Å². The van der Waals surface area contributed by atoms with Crippen molar-refractivity contribution < 1.29 is 19.1 Å². The summed E-state index contributed by atoms with van der Waals surface area (Å²) in [5, 5.41) is 2.37. The van der Waals surface area contributed by atoms with Gasteiger partial charge in [-0.15, -0.1) is 0 Å². The zero-order valence-corrected chi connectivity index (χ0v) is 13.3. The molecule has 1 amide bonds. The monoisotopic (exact) mass is 326 g/mol. The quantitative estimate of drug-likeness (QED) is 0.622. The van der Waals surface area contributed by atoms with Gasteiger partial charge in [0.2, 0.25) is 0 Å². The third-order valence-corrected chi connectivity index (χ3v) is 3.03. The van der Waals surface area contributed by atoms with E-state index in [-0.39, 0.29) is 12.5 Å². The molecule has 1 heterocycles. The van der Waals surface area contributed by atoms with Crippen molar-refractivity contribution in [1.29, 1.82) is 0 Å². The number of likely N-dealkylation sites (N-methyl/N-ethyl adjacent to an activating group) is 1. The van der Waals surface area contributed by atoms with Crippen LogP contribution in [0, 0.1) is 0 Å². The first-order chi connectivity index (χ1) is 11.7. The van der Waals surface area contributed by atoms with Crippen LogP contribution in [0.3, 0.4) is 0 Å². The number of esters is 1. The molecule has 6 heteroatoms. The van der Waals surface area contributed by atoms with Gasteiger partial charge in [-0.3, -0.25) is 9.78 Å². The van der Waals surface area contributed by atoms with Crippen molar-refractivity contribution in [2.45, 2.75) is 6.61 Å². The lowest BCUT2D eigenvalue weighted by molar-refractivity contribution is -0.143. The lowest BCUT2D eigenvalue weighted by Crippen LogP contribution is -2.24. The molecule has 0 saturated heterocycles. The van der Waals surface area contributed by atoms with E-state index < -0.39 is 5.97 Å². The van der Waals surface area contributed by atoms with Crippen LogP contribution >= 0.6 is 0 Å². The Labute approximate surface area is 140 Å². The zero-order valence-electron chi connectivity index (χ0n) is 13.3. The van der Waals surface area contributed by atoms with Gasteiger partial charge in [-0.25, -0.2) is 4.79 Å². The number of carbonyl (C=O) groups excluding carboxylic acids is 2. The van der Waals surface area contributed by atoms with Crippen molar-refractivity contribution in [2.24, 2.45) is 0 Å². The van der Waals surface area contributed by atoms with Gasteiger partial charge in [0.25, 0.3) is 5.91 Å². The summed E-state index contributed by atoms with van der Waals surface area (Å²) in [6.07, 6.45) is 4.59. The number of hydrogen-bond acceptors (Lipinski definition) is 5. The van der Waals surface area contributed by atoms with E-state index in [4.69, 9.17) is 9.47 Å². The number of hydrogen-bond donors (Lipinski definition) is 1. The smallest absolute Gasteiger partial charge is 0.331 e. The van der Waals surface area contributed by atoms with Crippen LogP contribution < -0.4 is 10.1 Å². The SMILES string of the molecule is CNC(=O)COC(=O)C=Cc1ccc(OCc2ccccn2)cc1. The van der Waals surface area contributed by atoms with Gasteiger partial charge in [-0.2, -0.15) is 0 Å². The van der Waals surface area contributed by atoms with E-state index in [2.05, 4.69) is 10.3 Å². The van der Waals surface area contributed by atoms with Crippen LogP contribution in [-0.4, -0.2) is 30.5 Å². The number of aromatic nitrogens is 1. The van der Waals surface area contributed by atoms with Gasteiger partial charge < -0.3 is 14.8 Å². The molecule has 1 N–H and O–H groups in total. The first-order valence-corrected chi connectivity index (χ1v) is 7.35. The van der Waals surface area contributed by atoms with Crippen LogP contribution in [0.15, 0.2) is 54.7 Å². The Morgan fingerprint density at radius 1 is 1.17 bits per heavy atom. The molecule has 0 atom stereocenters. The Morgan fingerprint density at radius 3 is 2.62 bits per heavy atom. The van der Waals surface area contributed by atoms with Crippen molar-refractivity contribution in [3.63, 3.8) is 0 Å². The molecule has 124 valence electrons. The number of pyridine rings is 1. The Kier molecular flexibility index (Phi) is 6.52. The Bertz CT molecular complexity index is 697. The molecule has 2 rings (SSSR count). The molecule has 0 bridgehead atoms. The van der Waals surface area contributed by atoms with Crippen molar-refractivity contribution in [1.82, 2.24) is 10.3 Å². The van der Waals surface area contributed by atoms with E-state index in [1.165, 1.54) is 13.1 Å². The molecule has 0 fully saturated rings. The van der Waals surface area contributed by atoms with E-state index in [0.29, 0.717) is 12.4 Å². The van der Waals surface area contributed by atoms with E-state index in [1.807, 2.05) is 30.3 Å². The first kappa shape index (κ1) is 17.2. The average Bonchev–Trinajstić information content (AvgIpc) is 2.64. The molecule has 1 aromatic carbocycles. The summed E-state index contributed by atoms with van der Waals surface area (Å²) < 4.78 is 10.4. The second-order valence-electron chi connectivity index (χ2n) is 4.79. The van der Waals surface area contributed by atoms with Gasteiger partial charge in [0, 0.05) is 19.3 Å². The van der Waals surface area contributed by atoms with Crippen LogP contribution in [0.5, 0.6) is 5.75 Å². The minimum atomic E-state index is -0.575. The maximum Gasteiger partial charge on any atom is 0.331 e. The molecule has 0 aliphatic rings.